The second-order valence-corrected chi connectivity index (χ2v) is 6.91. The van der Waals surface area contributed by atoms with Crippen LogP contribution in [0.25, 0.3) is 0 Å². The zero-order valence-corrected chi connectivity index (χ0v) is 12.9. The van der Waals surface area contributed by atoms with Gasteiger partial charge in [0.1, 0.15) is 0 Å². The zero-order valence-electron chi connectivity index (χ0n) is 12.1. The monoisotopic (exact) mass is 260 g/mol. The van der Waals surface area contributed by atoms with Crippen LogP contribution in [0.1, 0.15) is 48.0 Å². The minimum Gasteiger partial charge on any atom is -0.350 e. The van der Waals surface area contributed by atoms with Crippen LogP contribution < -0.4 is 10.6 Å². The molecule has 0 heterocycles. The highest BCUT2D eigenvalue weighted by molar-refractivity contribution is 7.99. The molecule has 2 unspecified atom stereocenters. The molecule has 4 heteroatoms. The second kappa shape index (κ2) is 7.98. The van der Waals surface area contributed by atoms with Crippen molar-refractivity contribution in [3.63, 3.8) is 0 Å². The van der Waals surface area contributed by atoms with Crippen LogP contribution in [-0.2, 0) is 4.79 Å². The molecule has 0 saturated heterocycles. The third-order valence-electron chi connectivity index (χ3n) is 2.33. The summed E-state index contributed by atoms with van der Waals surface area (Å²) in [5.74, 6) is 2.39. The summed E-state index contributed by atoms with van der Waals surface area (Å²) in [5.41, 5.74) is -0.158. The van der Waals surface area contributed by atoms with Crippen molar-refractivity contribution in [3.05, 3.63) is 0 Å². The van der Waals surface area contributed by atoms with Gasteiger partial charge in [-0.2, -0.15) is 11.8 Å². The Hall–Kier alpha value is -0.220. The van der Waals surface area contributed by atoms with Crippen molar-refractivity contribution in [2.45, 2.75) is 65.6 Å². The Morgan fingerprint density at radius 3 is 2.35 bits per heavy atom. The van der Waals surface area contributed by atoms with Gasteiger partial charge in [0, 0.05) is 11.6 Å². The zero-order chi connectivity index (χ0) is 13.5. The molecule has 3 nitrogen and oxygen atoms in total. The van der Waals surface area contributed by atoms with E-state index in [1.807, 2.05) is 39.5 Å². The van der Waals surface area contributed by atoms with E-state index in [1.54, 1.807) is 0 Å². The highest BCUT2D eigenvalue weighted by Gasteiger charge is 2.20. The van der Waals surface area contributed by atoms with Crippen LogP contribution in [0.5, 0.6) is 0 Å². The topological polar surface area (TPSA) is 41.1 Å². The first-order valence-corrected chi connectivity index (χ1v) is 7.57. The lowest BCUT2D eigenvalue weighted by molar-refractivity contribution is -0.124. The predicted octanol–water partition coefficient (Wildman–Crippen LogP) is 2.41. The highest BCUT2D eigenvalue weighted by atomic mass is 32.2. The summed E-state index contributed by atoms with van der Waals surface area (Å²) in [5, 5.41) is 6.32. The molecule has 0 aromatic rings. The fourth-order valence-corrected chi connectivity index (χ4v) is 2.28. The number of amides is 1. The Kier molecular flexibility index (Phi) is 7.88. The first kappa shape index (κ1) is 16.8. The quantitative estimate of drug-likeness (QED) is 0.691. The van der Waals surface area contributed by atoms with Crippen molar-refractivity contribution in [1.82, 2.24) is 10.6 Å². The molecule has 2 N–H and O–H groups in total. The number of carbonyl (C=O) groups is 1. The third kappa shape index (κ3) is 9.48. The van der Waals surface area contributed by atoms with Crippen LogP contribution >= 0.6 is 11.8 Å². The Morgan fingerprint density at radius 2 is 1.88 bits per heavy atom. The van der Waals surface area contributed by atoms with E-state index in [-0.39, 0.29) is 17.5 Å². The molecule has 0 spiro atoms. The lowest BCUT2D eigenvalue weighted by Gasteiger charge is -2.25. The third-order valence-corrected chi connectivity index (χ3v) is 3.26. The molecular formula is C13H28N2OS. The molecule has 17 heavy (non-hydrogen) atoms. The average molecular weight is 260 g/mol. The van der Waals surface area contributed by atoms with E-state index in [4.69, 9.17) is 0 Å². The summed E-state index contributed by atoms with van der Waals surface area (Å²) in [6, 6.07) is 0.255. The van der Waals surface area contributed by atoms with Crippen LogP contribution in [0, 0.1) is 0 Å². The van der Waals surface area contributed by atoms with E-state index in [1.165, 1.54) is 0 Å². The molecule has 0 saturated carbocycles. The van der Waals surface area contributed by atoms with Crippen molar-refractivity contribution < 1.29 is 4.79 Å². The standard InChI is InChI=1S/C13H28N2OS/c1-7-17-9-8-10(2)14-11(3)12(16)15-13(4,5)6/h10-11,14H,7-9H2,1-6H3,(H,15,16). The van der Waals surface area contributed by atoms with Crippen LogP contribution in [0.15, 0.2) is 0 Å². The van der Waals surface area contributed by atoms with Crippen molar-refractivity contribution >= 4 is 17.7 Å². The minimum absolute atomic E-state index is 0.0764. The van der Waals surface area contributed by atoms with Gasteiger partial charge in [-0.25, -0.2) is 0 Å². The molecule has 0 aromatic heterocycles. The molecule has 0 rings (SSSR count). The van der Waals surface area contributed by atoms with Gasteiger partial charge in [0.15, 0.2) is 0 Å². The molecule has 0 aromatic carbocycles. The van der Waals surface area contributed by atoms with Gasteiger partial charge in [-0.05, 0) is 52.5 Å². The summed E-state index contributed by atoms with van der Waals surface area (Å²) in [7, 11) is 0. The lowest BCUT2D eigenvalue weighted by atomic mass is 10.1. The van der Waals surface area contributed by atoms with Crippen molar-refractivity contribution in [3.8, 4) is 0 Å². The van der Waals surface area contributed by atoms with E-state index >= 15 is 0 Å². The Bertz CT molecular complexity index is 226. The fraction of sp³-hybridized carbons (Fsp3) is 0.923. The van der Waals surface area contributed by atoms with E-state index in [0.717, 1.165) is 17.9 Å². The molecular weight excluding hydrogens is 232 g/mol. The Balaban J connectivity index is 3.90. The molecule has 0 aliphatic heterocycles. The van der Waals surface area contributed by atoms with E-state index < -0.39 is 0 Å². The van der Waals surface area contributed by atoms with Gasteiger partial charge in [0.25, 0.3) is 0 Å². The van der Waals surface area contributed by atoms with Crippen LogP contribution in [0.4, 0.5) is 0 Å². The summed E-state index contributed by atoms with van der Waals surface area (Å²) in [4.78, 5) is 11.8. The highest BCUT2D eigenvalue weighted by Crippen LogP contribution is 2.05. The molecule has 102 valence electrons. The number of hydrogen-bond acceptors (Lipinski definition) is 3. The minimum atomic E-state index is -0.158. The van der Waals surface area contributed by atoms with Crippen LogP contribution in [-0.4, -0.2) is 35.0 Å². The molecule has 0 aliphatic carbocycles. The number of thioether (sulfide) groups is 1. The van der Waals surface area contributed by atoms with Gasteiger partial charge in [-0.3, -0.25) is 4.79 Å². The fourth-order valence-electron chi connectivity index (χ4n) is 1.47. The Morgan fingerprint density at radius 1 is 1.29 bits per heavy atom. The van der Waals surface area contributed by atoms with Gasteiger partial charge in [-0.1, -0.05) is 6.92 Å². The summed E-state index contributed by atoms with van der Waals surface area (Å²) < 4.78 is 0. The van der Waals surface area contributed by atoms with E-state index in [9.17, 15) is 4.79 Å². The van der Waals surface area contributed by atoms with Crippen LogP contribution in [0.3, 0.4) is 0 Å². The maximum atomic E-state index is 11.8. The lowest BCUT2D eigenvalue weighted by Crippen LogP contribution is -2.51. The smallest absolute Gasteiger partial charge is 0.237 e. The number of rotatable bonds is 7. The van der Waals surface area contributed by atoms with Gasteiger partial charge >= 0.3 is 0 Å². The first-order chi connectivity index (χ1) is 7.76. The van der Waals surface area contributed by atoms with Crippen LogP contribution in [0.2, 0.25) is 0 Å². The SMILES string of the molecule is CCSCCC(C)NC(C)C(=O)NC(C)(C)C. The first-order valence-electron chi connectivity index (χ1n) is 6.42. The maximum absolute atomic E-state index is 11.8. The molecule has 0 radical (unpaired) electrons. The average Bonchev–Trinajstić information content (AvgIpc) is 2.15. The predicted molar refractivity (Wildman–Crippen MR) is 77.6 cm³/mol. The van der Waals surface area contributed by atoms with E-state index in [0.29, 0.717) is 6.04 Å². The van der Waals surface area contributed by atoms with Gasteiger partial charge in [-0.15, -0.1) is 0 Å². The molecule has 1 amide bonds. The van der Waals surface area contributed by atoms with Crippen molar-refractivity contribution in [2.75, 3.05) is 11.5 Å². The largest absolute Gasteiger partial charge is 0.350 e. The van der Waals surface area contributed by atoms with Gasteiger partial charge < -0.3 is 10.6 Å². The van der Waals surface area contributed by atoms with E-state index in [2.05, 4.69) is 24.5 Å². The van der Waals surface area contributed by atoms with Crippen molar-refractivity contribution in [2.24, 2.45) is 0 Å². The maximum Gasteiger partial charge on any atom is 0.237 e. The Labute approximate surface area is 111 Å². The number of carbonyl (C=O) groups excluding carboxylic acids is 1. The number of nitrogens with one attached hydrogen (secondary N) is 2. The van der Waals surface area contributed by atoms with Crippen molar-refractivity contribution in [1.29, 1.82) is 0 Å². The summed E-state index contributed by atoms with van der Waals surface area (Å²) in [6.45, 7) is 12.2. The number of hydrogen-bond donors (Lipinski definition) is 2. The summed E-state index contributed by atoms with van der Waals surface area (Å²) >= 11 is 1.94. The molecule has 0 bridgehead atoms. The van der Waals surface area contributed by atoms with Gasteiger partial charge in [0.2, 0.25) is 5.91 Å². The molecule has 0 fully saturated rings. The molecule has 0 aliphatic rings. The second-order valence-electron chi connectivity index (χ2n) is 5.51. The van der Waals surface area contributed by atoms with Gasteiger partial charge in [0.05, 0.1) is 6.04 Å². The molecule has 2 atom stereocenters. The summed E-state index contributed by atoms with van der Waals surface area (Å²) in [6.07, 6.45) is 1.10. The normalized spacial score (nSPS) is 15.4.